The van der Waals surface area contributed by atoms with Gasteiger partial charge in [0.1, 0.15) is 0 Å². The van der Waals surface area contributed by atoms with E-state index in [1.54, 1.807) is 11.3 Å². The Hall–Kier alpha value is -1.62. The summed E-state index contributed by atoms with van der Waals surface area (Å²) in [6, 6.07) is 3.86. The summed E-state index contributed by atoms with van der Waals surface area (Å²) in [7, 11) is 0. The van der Waals surface area contributed by atoms with Crippen LogP contribution in [0.2, 0.25) is 0 Å². The van der Waals surface area contributed by atoms with Crippen molar-refractivity contribution in [3.63, 3.8) is 0 Å². The number of carboxylic acid groups (broad SMARTS) is 1. The molecule has 0 spiro atoms. The molecule has 1 fully saturated rings. The fraction of sp³-hybridized carbons (Fsp3) is 0.467. The molecule has 106 valence electrons. The summed E-state index contributed by atoms with van der Waals surface area (Å²) in [5, 5.41) is 14.3. The molecule has 20 heavy (non-hydrogen) atoms. The molecular weight excluding hydrogens is 274 g/mol. The van der Waals surface area contributed by atoms with Crippen LogP contribution in [0.5, 0.6) is 0 Å². The second-order valence-corrected chi connectivity index (χ2v) is 6.56. The monoisotopic (exact) mass is 291 g/mol. The highest BCUT2D eigenvalue weighted by Gasteiger charge is 2.51. The smallest absolute Gasteiger partial charge is 0.307 e. The van der Waals surface area contributed by atoms with Gasteiger partial charge in [0, 0.05) is 4.88 Å². The Morgan fingerprint density at radius 3 is 2.65 bits per heavy atom. The number of carbonyl (C=O) groups is 2. The third kappa shape index (κ3) is 2.16. The van der Waals surface area contributed by atoms with Crippen LogP contribution in [0, 0.1) is 23.7 Å². The topological polar surface area (TPSA) is 66.4 Å². The van der Waals surface area contributed by atoms with Crippen LogP contribution in [-0.4, -0.2) is 17.0 Å². The molecule has 1 saturated carbocycles. The first kappa shape index (κ1) is 13.4. The van der Waals surface area contributed by atoms with Gasteiger partial charge in [0.05, 0.1) is 17.9 Å². The van der Waals surface area contributed by atoms with Crippen LogP contribution in [0.3, 0.4) is 0 Å². The van der Waals surface area contributed by atoms with Crippen LogP contribution in [-0.2, 0) is 9.59 Å². The minimum atomic E-state index is -0.856. The molecule has 3 rings (SSSR count). The van der Waals surface area contributed by atoms with E-state index in [1.807, 2.05) is 36.6 Å². The number of hydrogen-bond acceptors (Lipinski definition) is 3. The maximum atomic E-state index is 12.5. The molecule has 0 radical (unpaired) electrons. The van der Waals surface area contributed by atoms with Gasteiger partial charge in [-0.3, -0.25) is 9.59 Å². The quantitative estimate of drug-likeness (QED) is 0.837. The van der Waals surface area contributed by atoms with E-state index in [-0.39, 0.29) is 23.8 Å². The molecule has 2 aliphatic carbocycles. The van der Waals surface area contributed by atoms with Crippen molar-refractivity contribution in [3.8, 4) is 0 Å². The maximum absolute atomic E-state index is 12.5. The van der Waals surface area contributed by atoms with Crippen LogP contribution < -0.4 is 5.32 Å². The molecule has 2 bridgehead atoms. The number of amides is 1. The van der Waals surface area contributed by atoms with Gasteiger partial charge in [0.25, 0.3) is 0 Å². The van der Waals surface area contributed by atoms with Crippen molar-refractivity contribution in [3.05, 3.63) is 34.5 Å². The van der Waals surface area contributed by atoms with Crippen LogP contribution >= 0.6 is 11.3 Å². The summed E-state index contributed by atoms with van der Waals surface area (Å²) in [4.78, 5) is 24.9. The fourth-order valence-corrected chi connectivity index (χ4v) is 4.17. The summed E-state index contributed by atoms with van der Waals surface area (Å²) in [5.74, 6) is -1.88. The lowest BCUT2D eigenvalue weighted by atomic mass is 9.82. The molecule has 0 aliphatic heterocycles. The maximum Gasteiger partial charge on any atom is 0.307 e. The number of thiophene rings is 1. The Morgan fingerprint density at radius 2 is 2.05 bits per heavy atom. The van der Waals surface area contributed by atoms with Gasteiger partial charge in [-0.1, -0.05) is 18.2 Å². The highest BCUT2D eigenvalue weighted by molar-refractivity contribution is 7.10. The van der Waals surface area contributed by atoms with Crippen molar-refractivity contribution in [2.24, 2.45) is 23.7 Å². The highest BCUT2D eigenvalue weighted by Crippen LogP contribution is 2.48. The average molecular weight is 291 g/mol. The van der Waals surface area contributed by atoms with Crippen molar-refractivity contribution in [1.29, 1.82) is 0 Å². The normalized spacial score (nSPS) is 32.2. The van der Waals surface area contributed by atoms with Gasteiger partial charge in [-0.15, -0.1) is 11.3 Å². The highest BCUT2D eigenvalue weighted by atomic mass is 32.1. The number of nitrogens with one attached hydrogen (secondary N) is 1. The van der Waals surface area contributed by atoms with Gasteiger partial charge < -0.3 is 10.4 Å². The zero-order valence-electron chi connectivity index (χ0n) is 11.2. The van der Waals surface area contributed by atoms with E-state index >= 15 is 0 Å². The minimum absolute atomic E-state index is 0.0188. The van der Waals surface area contributed by atoms with Crippen LogP contribution in [0.15, 0.2) is 29.7 Å². The van der Waals surface area contributed by atoms with E-state index in [1.165, 1.54) is 0 Å². The van der Waals surface area contributed by atoms with Gasteiger partial charge in [0.15, 0.2) is 0 Å². The summed E-state index contributed by atoms with van der Waals surface area (Å²) in [6.07, 6.45) is 4.75. The van der Waals surface area contributed by atoms with Gasteiger partial charge in [-0.2, -0.15) is 0 Å². The van der Waals surface area contributed by atoms with Crippen LogP contribution in [0.25, 0.3) is 0 Å². The standard InChI is InChI=1S/C15H17NO3S/c1-8(11-3-2-6-20-11)16-14(17)12-9-4-5-10(7-9)13(12)15(18)19/h2-6,8-10,12-13H,7H2,1H3,(H,16,17)(H,18,19)/t8?,9?,10?,12-,13+/m0/s1. The van der Waals surface area contributed by atoms with E-state index in [0.29, 0.717) is 0 Å². The summed E-state index contributed by atoms with van der Waals surface area (Å²) < 4.78 is 0. The largest absolute Gasteiger partial charge is 0.481 e. The Balaban J connectivity index is 1.73. The number of hydrogen-bond donors (Lipinski definition) is 2. The van der Waals surface area contributed by atoms with Crippen LogP contribution in [0.1, 0.15) is 24.3 Å². The molecule has 5 heteroatoms. The molecule has 2 N–H and O–H groups in total. The first-order chi connectivity index (χ1) is 9.58. The molecule has 1 aromatic rings. The van der Waals surface area contributed by atoms with Crippen molar-refractivity contribution >= 4 is 23.2 Å². The molecule has 4 nitrogen and oxygen atoms in total. The van der Waals surface area contributed by atoms with Crippen molar-refractivity contribution in [1.82, 2.24) is 5.32 Å². The van der Waals surface area contributed by atoms with E-state index in [9.17, 15) is 14.7 Å². The minimum Gasteiger partial charge on any atom is -0.481 e. The van der Waals surface area contributed by atoms with Crippen molar-refractivity contribution in [2.75, 3.05) is 0 Å². The second-order valence-electron chi connectivity index (χ2n) is 5.58. The molecule has 5 atom stereocenters. The van der Waals surface area contributed by atoms with E-state index in [0.717, 1.165) is 11.3 Å². The number of aliphatic carboxylic acids is 1. The van der Waals surface area contributed by atoms with Crippen LogP contribution in [0.4, 0.5) is 0 Å². The lowest BCUT2D eigenvalue weighted by molar-refractivity contribution is -0.148. The lowest BCUT2D eigenvalue weighted by Crippen LogP contribution is -2.40. The Labute approximate surface area is 121 Å². The predicted octanol–water partition coefficient (Wildman–Crippen LogP) is 2.45. The molecular formula is C15H17NO3S. The molecule has 1 aromatic heterocycles. The SMILES string of the molecule is CC(NC(=O)[C@H]1C2C=CC(C2)[C@H]1C(=O)O)c1cccs1. The zero-order valence-corrected chi connectivity index (χ0v) is 12.0. The summed E-state index contributed by atoms with van der Waals surface area (Å²) in [6.45, 7) is 1.93. The molecule has 3 unspecified atom stereocenters. The van der Waals surface area contributed by atoms with Gasteiger partial charge in [-0.05, 0) is 36.6 Å². The van der Waals surface area contributed by atoms with Crippen molar-refractivity contribution < 1.29 is 14.7 Å². The number of fused-ring (bicyclic) bond motifs is 2. The third-order valence-electron chi connectivity index (χ3n) is 4.38. The molecule has 0 aromatic carbocycles. The second kappa shape index (κ2) is 5.05. The van der Waals surface area contributed by atoms with E-state index in [2.05, 4.69) is 5.32 Å². The predicted molar refractivity (Wildman–Crippen MR) is 76.2 cm³/mol. The van der Waals surface area contributed by atoms with E-state index in [4.69, 9.17) is 0 Å². The Kier molecular flexibility index (Phi) is 3.38. The Bertz CT molecular complexity index is 551. The molecule has 1 amide bonds. The first-order valence-corrected chi connectivity index (χ1v) is 7.71. The molecule has 1 heterocycles. The summed E-state index contributed by atoms with van der Waals surface area (Å²) >= 11 is 1.59. The summed E-state index contributed by atoms with van der Waals surface area (Å²) in [5.41, 5.74) is 0. The van der Waals surface area contributed by atoms with E-state index < -0.39 is 17.8 Å². The third-order valence-corrected chi connectivity index (χ3v) is 5.43. The first-order valence-electron chi connectivity index (χ1n) is 6.83. The number of rotatable bonds is 4. The number of allylic oxidation sites excluding steroid dienone is 2. The van der Waals surface area contributed by atoms with Gasteiger partial charge >= 0.3 is 5.97 Å². The average Bonchev–Trinajstić information content (AvgIpc) is 3.13. The molecule has 2 aliphatic rings. The molecule has 0 saturated heterocycles. The lowest BCUT2D eigenvalue weighted by Gasteiger charge is -2.25. The van der Waals surface area contributed by atoms with Crippen molar-refractivity contribution in [2.45, 2.75) is 19.4 Å². The fourth-order valence-electron chi connectivity index (χ4n) is 3.43. The number of carbonyl (C=O) groups excluding carboxylic acids is 1. The van der Waals surface area contributed by atoms with Gasteiger partial charge in [-0.25, -0.2) is 0 Å². The van der Waals surface area contributed by atoms with Gasteiger partial charge in [0.2, 0.25) is 5.91 Å². The number of carboxylic acids is 1. The Morgan fingerprint density at radius 1 is 1.35 bits per heavy atom. The zero-order chi connectivity index (χ0) is 14.3.